The summed E-state index contributed by atoms with van der Waals surface area (Å²) in [5, 5.41) is 0. The van der Waals surface area contributed by atoms with Gasteiger partial charge in [0.1, 0.15) is 5.52 Å². The van der Waals surface area contributed by atoms with Crippen molar-refractivity contribution in [3.05, 3.63) is 17.6 Å². The summed E-state index contributed by atoms with van der Waals surface area (Å²) in [6.07, 6.45) is 5.08. The quantitative estimate of drug-likeness (QED) is 0.839. The molecule has 3 rings (SSSR count). The third kappa shape index (κ3) is 2.37. The molecule has 1 saturated carbocycles. The normalized spacial score (nSPS) is 19.4. The molecular formula is C16H23N3S. The van der Waals surface area contributed by atoms with Gasteiger partial charge in [0.2, 0.25) is 0 Å². The van der Waals surface area contributed by atoms with Gasteiger partial charge < -0.3 is 10.6 Å². The highest BCUT2D eigenvalue weighted by atomic mass is 32.1. The smallest absolute Gasteiger partial charge is 0.106 e. The van der Waals surface area contributed by atoms with Gasteiger partial charge >= 0.3 is 0 Å². The lowest BCUT2D eigenvalue weighted by atomic mass is 9.75. The second-order valence-corrected chi connectivity index (χ2v) is 7.59. The topological polar surface area (TPSA) is 42.2 Å². The first-order valence-electron chi connectivity index (χ1n) is 7.32. The van der Waals surface area contributed by atoms with Crippen LogP contribution >= 0.6 is 11.3 Å². The molecule has 1 aliphatic rings. The summed E-state index contributed by atoms with van der Waals surface area (Å²) < 4.78 is 1.17. The molecule has 108 valence electrons. The zero-order chi connectivity index (χ0) is 14.3. The Labute approximate surface area is 124 Å². The predicted octanol–water partition coefficient (Wildman–Crippen LogP) is 4.28. The van der Waals surface area contributed by atoms with Gasteiger partial charge in [-0.3, -0.25) is 0 Å². The van der Waals surface area contributed by atoms with E-state index >= 15 is 0 Å². The lowest BCUT2D eigenvalue weighted by molar-refractivity contribution is 0.222. The van der Waals surface area contributed by atoms with E-state index in [2.05, 4.69) is 42.9 Å². The molecule has 3 nitrogen and oxygen atoms in total. The van der Waals surface area contributed by atoms with Crippen molar-refractivity contribution in [1.82, 2.24) is 4.98 Å². The molecule has 2 N–H and O–H groups in total. The van der Waals surface area contributed by atoms with E-state index in [1.807, 2.05) is 5.51 Å². The van der Waals surface area contributed by atoms with E-state index in [0.717, 1.165) is 16.9 Å². The van der Waals surface area contributed by atoms with Crippen molar-refractivity contribution in [2.45, 2.75) is 45.6 Å². The highest BCUT2D eigenvalue weighted by Crippen LogP contribution is 2.40. The van der Waals surface area contributed by atoms with Gasteiger partial charge in [-0.05, 0) is 43.2 Å². The molecule has 0 aliphatic heterocycles. The lowest BCUT2D eigenvalue weighted by Gasteiger charge is -2.39. The number of rotatable bonds is 2. The number of nitrogens with two attached hydrogens (primary N) is 1. The van der Waals surface area contributed by atoms with Gasteiger partial charge in [0, 0.05) is 13.1 Å². The van der Waals surface area contributed by atoms with Crippen LogP contribution in [0.15, 0.2) is 17.6 Å². The Bertz CT molecular complexity index is 607. The first-order chi connectivity index (χ1) is 9.48. The van der Waals surface area contributed by atoms with Gasteiger partial charge in [-0.25, -0.2) is 4.98 Å². The molecule has 1 aromatic carbocycles. The van der Waals surface area contributed by atoms with Crippen LogP contribution in [0.2, 0.25) is 0 Å². The maximum atomic E-state index is 6.33. The summed E-state index contributed by atoms with van der Waals surface area (Å²) in [5.41, 5.74) is 11.6. The van der Waals surface area contributed by atoms with Crippen LogP contribution in [0.3, 0.4) is 0 Å². The molecule has 1 heterocycles. The Hall–Kier alpha value is -1.29. The Morgan fingerprint density at radius 1 is 1.30 bits per heavy atom. The molecule has 0 radical (unpaired) electrons. The molecule has 0 atom stereocenters. The van der Waals surface area contributed by atoms with Crippen molar-refractivity contribution in [3.63, 3.8) is 0 Å². The summed E-state index contributed by atoms with van der Waals surface area (Å²) >= 11 is 1.65. The fourth-order valence-corrected chi connectivity index (χ4v) is 3.91. The van der Waals surface area contributed by atoms with E-state index in [0.29, 0.717) is 11.5 Å². The third-order valence-electron chi connectivity index (χ3n) is 4.75. The van der Waals surface area contributed by atoms with Crippen LogP contribution in [0.4, 0.5) is 11.4 Å². The Morgan fingerprint density at radius 3 is 2.70 bits per heavy atom. The number of aromatic nitrogens is 1. The van der Waals surface area contributed by atoms with E-state index in [-0.39, 0.29) is 0 Å². The van der Waals surface area contributed by atoms with Crippen LogP contribution in [-0.2, 0) is 0 Å². The van der Waals surface area contributed by atoms with Crippen LogP contribution in [0.5, 0.6) is 0 Å². The lowest BCUT2D eigenvalue weighted by Crippen LogP contribution is -2.37. The standard InChI is InChI=1S/C16H23N3S/c1-16(2)8-6-11(7-9-16)19(3)12-4-5-13-15(14(12)17)18-10-20-13/h4-5,10-11H,6-9,17H2,1-3H3. The first-order valence-corrected chi connectivity index (χ1v) is 8.20. The second-order valence-electron chi connectivity index (χ2n) is 6.70. The molecule has 0 spiro atoms. The van der Waals surface area contributed by atoms with Crippen molar-refractivity contribution in [2.24, 2.45) is 5.41 Å². The van der Waals surface area contributed by atoms with Crippen molar-refractivity contribution in [1.29, 1.82) is 0 Å². The number of nitrogens with zero attached hydrogens (tertiary/aromatic N) is 2. The average molecular weight is 289 g/mol. The molecule has 20 heavy (non-hydrogen) atoms. The molecule has 2 aromatic rings. The molecular weight excluding hydrogens is 266 g/mol. The van der Waals surface area contributed by atoms with Gasteiger partial charge in [-0.15, -0.1) is 11.3 Å². The minimum atomic E-state index is 0.502. The van der Waals surface area contributed by atoms with Crippen molar-refractivity contribution >= 4 is 32.9 Å². The number of hydrogen-bond donors (Lipinski definition) is 1. The number of nitrogen functional groups attached to an aromatic ring is 1. The maximum Gasteiger partial charge on any atom is 0.106 e. The summed E-state index contributed by atoms with van der Waals surface area (Å²) in [5.74, 6) is 0. The van der Waals surface area contributed by atoms with Crippen LogP contribution < -0.4 is 10.6 Å². The Morgan fingerprint density at radius 2 is 2.00 bits per heavy atom. The second kappa shape index (κ2) is 4.92. The molecule has 0 unspecified atom stereocenters. The summed E-state index contributed by atoms with van der Waals surface area (Å²) in [7, 11) is 2.17. The summed E-state index contributed by atoms with van der Waals surface area (Å²) in [4.78, 5) is 6.76. The number of thiazole rings is 1. The van der Waals surface area contributed by atoms with E-state index < -0.39 is 0 Å². The van der Waals surface area contributed by atoms with E-state index in [4.69, 9.17) is 5.73 Å². The van der Waals surface area contributed by atoms with Gasteiger partial charge in [-0.2, -0.15) is 0 Å². The minimum absolute atomic E-state index is 0.502. The van der Waals surface area contributed by atoms with Gasteiger partial charge in [0.05, 0.1) is 21.6 Å². The molecule has 0 saturated heterocycles. The summed E-state index contributed by atoms with van der Waals surface area (Å²) in [6, 6.07) is 4.89. The van der Waals surface area contributed by atoms with Crippen molar-refractivity contribution in [2.75, 3.05) is 17.7 Å². The van der Waals surface area contributed by atoms with Gasteiger partial charge in [-0.1, -0.05) is 13.8 Å². The Kier molecular flexibility index (Phi) is 3.36. The fraction of sp³-hybridized carbons (Fsp3) is 0.562. The van der Waals surface area contributed by atoms with E-state index in [1.54, 1.807) is 11.3 Å². The van der Waals surface area contributed by atoms with Crippen LogP contribution in [-0.4, -0.2) is 18.1 Å². The third-order valence-corrected chi connectivity index (χ3v) is 5.55. The van der Waals surface area contributed by atoms with E-state index in [9.17, 15) is 0 Å². The average Bonchev–Trinajstić information content (AvgIpc) is 2.88. The summed E-state index contributed by atoms with van der Waals surface area (Å²) in [6.45, 7) is 4.75. The minimum Gasteiger partial charge on any atom is -0.395 e. The maximum absolute atomic E-state index is 6.33. The molecule has 0 amide bonds. The molecule has 1 fully saturated rings. The monoisotopic (exact) mass is 289 g/mol. The SMILES string of the molecule is CN(c1ccc2scnc2c1N)C1CCC(C)(C)CC1. The molecule has 0 bridgehead atoms. The zero-order valence-electron chi connectivity index (χ0n) is 12.5. The van der Waals surface area contributed by atoms with Crippen molar-refractivity contribution in [3.8, 4) is 0 Å². The number of fused-ring (bicyclic) bond motifs is 1. The van der Waals surface area contributed by atoms with Crippen LogP contribution in [0.1, 0.15) is 39.5 Å². The van der Waals surface area contributed by atoms with E-state index in [1.165, 1.54) is 30.4 Å². The number of hydrogen-bond acceptors (Lipinski definition) is 4. The van der Waals surface area contributed by atoms with Gasteiger partial charge in [0.15, 0.2) is 0 Å². The largest absolute Gasteiger partial charge is 0.395 e. The van der Waals surface area contributed by atoms with Gasteiger partial charge in [0.25, 0.3) is 0 Å². The number of anilines is 2. The van der Waals surface area contributed by atoms with Crippen molar-refractivity contribution < 1.29 is 0 Å². The molecule has 1 aliphatic carbocycles. The zero-order valence-corrected chi connectivity index (χ0v) is 13.3. The highest BCUT2D eigenvalue weighted by molar-refractivity contribution is 7.16. The highest BCUT2D eigenvalue weighted by Gasteiger charge is 2.29. The Balaban J connectivity index is 1.85. The fourth-order valence-electron chi connectivity index (χ4n) is 3.22. The first kappa shape index (κ1) is 13.7. The molecule has 1 aromatic heterocycles. The van der Waals surface area contributed by atoms with Crippen LogP contribution in [0.25, 0.3) is 10.2 Å². The number of benzene rings is 1. The predicted molar refractivity (Wildman–Crippen MR) is 88.5 cm³/mol. The molecule has 4 heteroatoms. The van der Waals surface area contributed by atoms with Crippen LogP contribution in [0, 0.1) is 5.41 Å².